The highest BCUT2D eigenvalue weighted by atomic mass is 35.5. The van der Waals surface area contributed by atoms with E-state index in [1.807, 2.05) is 0 Å². The highest BCUT2D eigenvalue weighted by Crippen LogP contribution is 2.47. The number of aromatic carboxylic acids is 1. The number of ether oxygens (including phenoxy) is 7. The van der Waals surface area contributed by atoms with Crippen molar-refractivity contribution in [3.8, 4) is 57.3 Å². The number of rotatable bonds is 7. The number of hydrogen-bond acceptors (Lipinski definition) is 18. The van der Waals surface area contributed by atoms with Gasteiger partial charge in [-0.25, -0.2) is 14.8 Å². The van der Waals surface area contributed by atoms with Gasteiger partial charge in [0.05, 0.1) is 52.9 Å². The van der Waals surface area contributed by atoms with Crippen LogP contribution in [0.5, 0.6) is 35.0 Å². The maximum absolute atomic E-state index is 13.2. The largest absolute Gasteiger partial charge is 0.586 e. The van der Waals surface area contributed by atoms with E-state index in [0.29, 0.717) is 28.1 Å². The average Bonchev–Trinajstić information content (AvgIpc) is 4.12. The third-order valence-corrected chi connectivity index (χ3v) is 10.9. The van der Waals surface area contributed by atoms with Gasteiger partial charge >= 0.3 is 30.6 Å². The number of halogens is 11. The number of aromatic nitrogens is 9. The summed E-state index contributed by atoms with van der Waals surface area (Å²) >= 11 is 38.6. The molecule has 1 amide bonds. The first-order valence-electron chi connectivity index (χ1n) is 21.5. The molecule has 418 valence electrons. The molecule has 3 aliphatic heterocycles. The normalized spacial score (nSPS) is 13.9. The average molecular weight is 1230 g/mol. The third kappa shape index (κ3) is 18.2. The molecule has 2 aromatic carbocycles. The van der Waals surface area contributed by atoms with Crippen LogP contribution in [0.15, 0.2) is 73.3 Å². The summed E-state index contributed by atoms with van der Waals surface area (Å²) in [6.45, 7) is 4.02. The number of nitrogens with two attached hydrogens (primary N) is 1. The van der Waals surface area contributed by atoms with E-state index in [1.165, 1.54) is 78.7 Å². The van der Waals surface area contributed by atoms with E-state index in [2.05, 4.69) is 71.3 Å². The molecule has 0 radical (unpaired) electrons. The van der Waals surface area contributed by atoms with Crippen molar-refractivity contribution in [3.05, 3.63) is 110 Å². The van der Waals surface area contributed by atoms with Gasteiger partial charge in [-0.3, -0.25) is 14.2 Å². The van der Waals surface area contributed by atoms with E-state index in [1.54, 1.807) is 32.3 Å². The molecule has 10 rings (SSSR count). The number of amides is 1. The summed E-state index contributed by atoms with van der Waals surface area (Å²) in [4.78, 5) is 43.8. The number of fused-ring (bicyclic) bond motifs is 2. The van der Waals surface area contributed by atoms with Crippen molar-refractivity contribution in [2.24, 2.45) is 14.1 Å². The van der Waals surface area contributed by atoms with Gasteiger partial charge in [-0.1, -0.05) is 46.4 Å². The molecule has 1 fully saturated rings. The number of alkyl halides is 6. The Morgan fingerprint density at radius 2 is 1.12 bits per heavy atom. The summed E-state index contributed by atoms with van der Waals surface area (Å²) in [5.74, 6) is -1.47. The zero-order chi connectivity index (χ0) is 57.5. The summed E-state index contributed by atoms with van der Waals surface area (Å²) < 4.78 is 87.0. The van der Waals surface area contributed by atoms with Crippen molar-refractivity contribution in [2.45, 2.75) is 12.6 Å². The Labute approximate surface area is 475 Å². The Morgan fingerprint density at radius 3 is 1.46 bits per heavy atom. The number of methoxy groups -OCH3 is 2. The Kier molecular flexibility index (Phi) is 22.6. The molecule has 1 saturated heterocycles. The molecule has 8 heterocycles. The number of benzene rings is 2. The Morgan fingerprint density at radius 1 is 0.679 bits per heavy atom. The van der Waals surface area contributed by atoms with Gasteiger partial charge in [0.25, 0.3) is 5.91 Å². The van der Waals surface area contributed by atoms with Crippen LogP contribution in [0.4, 0.5) is 29.2 Å². The number of hydrogen-bond donors (Lipinski definition) is 3. The second-order valence-electron chi connectivity index (χ2n) is 15.1. The molecule has 7 aromatic rings. The quantitative estimate of drug-likeness (QED) is 0.0990. The molecule has 0 saturated carbocycles. The van der Waals surface area contributed by atoms with Crippen LogP contribution in [0.1, 0.15) is 21.0 Å². The summed E-state index contributed by atoms with van der Waals surface area (Å²) in [7, 11) is 8.23. The van der Waals surface area contributed by atoms with Crippen molar-refractivity contribution >= 4 is 105 Å². The van der Waals surface area contributed by atoms with Crippen LogP contribution in [0.3, 0.4) is 0 Å². The van der Waals surface area contributed by atoms with Gasteiger partial charge < -0.3 is 54.2 Å². The predicted molar refractivity (Wildman–Crippen MR) is 280 cm³/mol. The lowest BCUT2D eigenvalue weighted by molar-refractivity contribution is -0.287. The van der Waals surface area contributed by atoms with Gasteiger partial charge in [0.15, 0.2) is 34.4 Å². The second-order valence-corrected chi connectivity index (χ2v) is 17.9. The van der Waals surface area contributed by atoms with Gasteiger partial charge in [-0.05, 0) is 55.0 Å². The van der Waals surface area contributed by atoms with Gasteiger partial charge in [0, 0.05) is 86.4 Å². The SMILES string of the molecule is CN1CCOCC1.COc1nc(Cl)nc(OC)n1.ClCCl.Cn1cc(Cl)c(C(=O)Nc2ccc(-c3cc4c(cc3Cl)OC(F)(F)O4)cn2)n1.Cn1cc(Cl)c(C(=O)O)n1.Nc1ccc(-c2cc3c(cc2Cl)OC(F)(F)O3)cn1. The summed E-state index contributed by atoms with van der Waals surface area (Å²) in [5, 5.41) is 19.6. The second kappa shape index (κ2) is 28.3. The number of carbonyl (C=O) groups is 2. The number of pyridine rings is 2. The fraction of sp³-hybridized carbons (Fsp3) is 0.267. The molecule has 22 nitrogen and oxygen atoms in total. The molecule has 0 spiro atoms. The van der Waals surface area contributed by atoms with Crippen LogP contribution in [0, 0.1) is 0 Å². The third-order valence-electron chi connectivity index (χ3n) is 9.55. The zero-order valence-corrected chi connectivity index (χ0v) is 46.1. The molecular weight excluding hydrogens is 1190 g/mol. The summed E-state index contributed by atoms with van der Waals surface area (Å²) in [5.41, 5.74) is 7.53. The number of nitrogens with zero attached hydrogens (tertiary/aromatic N) is 10. The zero-order valence-electron chi connectivity index (χ0n) is 40.8. The first kappa shape index (κ1) is 62.2. The van der Waals surface area contributed by atoms with Gasteiger partial charge in [0.2, 0.25) is 5.28 Å². The number of nitrogens with one attached hydrogen (secondary N) is 1. The molecular formula is C45H41Cl7F4N12O10. The van der Waals surface area contributed by atoms with Crippen molar-refractivity contribution < 1.29 is 65.4 Å². The molecule has 33 heteroatoms. The van der Waals surface area contributed by atoms with Crippen LogP contribution >= 0.6 is 81.2 Å². The van der Waals surface area contributed by atoms with E-state index in [0.717, 1.165) is 26.3 Å². The smallest absolute Gasteiger partial charge is 0.476 e. The molecule has 3 aliphatic rings. The van der Waals surface area contributed by atoms with Crippen LogP contribution in [-0.4, -0.2) is 132 Å². The number of morpholine rings is 1. The van der Waals surface area contributed by atoms with E-state index < -0.39 is 24.5 Å². The molecule has 0 unspecified atom stereocenters. The Hall–Kier alpha value is -6.62. The van der Waals surface area contributed by atoms with Gasteiger partial charge in [-0.2, -0.15) is 20.2 Å². The van der Waals surface area contributed by atoms with Gasteiger partial charge in [-0.15, -0.1) is 45.7 Å². The van der Waals surface area contributed by atoms with Crippen molar-refractivity contribution in [3.63, 3.8) is 0 Å². The van der Waals surface area contributed by atoms with Crippen LogP contribution in [0.2, 0.25) is 25.4 Å². The molecule has 0 bridgehead atoms. The number of carboxylic acid groups (broad SMARTS) is 1. The summed E-state index contributed by atoms with van der Waals surface area (Å²) in [6.07, 6.45) is -1.54. The monoisotopic (exact) mass is 1230 g/mol. The standard InChI is InChI=1S/C17H10Cl2F2N4O3.C12H7ClF2N2O2.C5H6ClN3O2.C5H5ClN2O2.C5H11NO.CH2Cl2/c1-25-7-11(19)15(24-25)16(26)23-14-3-2-8(6-22-14)9-4-12-13(5-10(9)18)28-17(20,21)27-12;13-8-4-10-9(18-12(14,15)19-10)3-7(8)6-1-2-11(16)17-5-6;1-10-4-7-3(6)8-5(9-4)11-2;1-8-2-3(6)4(7-8)5(9)10;1-6-2-4-7-5-3-6;2-1-3/h2-7H,1H3,(H,22,23,26);1-5H,(H2,16,17);1-2H3;2H,1H3,(H,9,10);2-5H2,1H3;1H2. The molecule has 78 heavy (non-hydrogen) atoms. The minimum atomic E-state index is -3.73. The number of anilines is 2. The lowest BCUT2D eigenvalue weighted by Gasteiger charge is -2.21. The number of nitrogen functional groups attached to an aromatic ring is 1. The highest BCUT2D eigenvalue weighted by molar-refractivity contribution is 6.40. The lowest BCUT2D eigenvalue weighted by Crippen LogP contribution is -2.32. The fourth-order valence-electron chi connectivity index (χ4n) is 6.12. The molecule has 5 aromatic heterocycles. The number of likely N-dealkylation sites (N-methyl/N-ethyl adjacent to an activating group) is 1. The van der Waals surface area contributed by atoms with Crippen molar-refractivity contribution in [1.82, 2.24) is 49.4 Å². The Balaban J connectivity index is 0.000000193. The maximum atomic E-state index is 13.2. The lowest BCUT2D eigenvalue weighted by atomic mass is 10.1. The van der Waals surface area contributed by atoms with E-state index in [4.69, 9.17) is 106 Å². The fourth-order valence-corrected chi connectivity index (χ4v) is 7.32. The van der Waals surface area contributed by atoms with E-state index >= 15 is 0 Å². The Bertz CT molecular complexity index is 3140. The minimum absolute atomic E-state index is 0.0497. The predicted octanol–water partition coefficient (Wildman–Crippen LogP) is 10.4. The van der Waals surface area contributed by atoms with E-state index in [9.17, 15) is 27.2 Å². The van der Waals surface area contributed by atoms with Crippen LogP contribution in [0.25, 0.3) is 22.3 Å². The summed E-state index contributed by atoms with van der Waals surface area (Å²) in [6, 6.07) is 11.9. The van der Waals surface area contributed by atoms with Gasteiger partial charge in [0.1, 0.15) is 11.6 Å². The molecule has 0 atom stereocenters. The highest BCUT2D eigenvalue weighted by Gasteiger charge is 2.45. The number of carbonyl (C=O) groups excluding carboxylic acids is 1. The number of carboxylic acids is 1. The first-order chi connectivity index (χ1) is 36.8. The van der Waals surface area contributed by atoms with E-state index in [-0.39, 0.29) is 82.9 Å². The molecule has 4 N–H and O–H groups in total. The van der Waals surface area contributed by atoms with Crippen LogP contribution < -0.4 is 39.5 Å². The number of aryl methyl sites for hydroxylation is 2. The van der Waals surface area contributed by atoms with Crippen LogP contribution in [-0.2, 0) is 18.8 Å². The maximum Gasteiger partial charge on any atom is 0.586 e. The molecule has 0 aliphatic carbocycles. The van der Waals surface area contributed by atoms with Crippen molar-refractivity contribution in [1.29, 1.82) is 0 Å². The van der Waals surface area contributed by atoms with Crippen molar-refractivity contribution in [2.75, 3.05) is 64.0 Å². The minimum Gasteiger partial charge on any atom is -0.476 e. The first-order valence-corrected chi connectivity index (χ1v) is 24.5. The topological polar surface area (TPSA) is 260 Å².